The topological polar surface area (TPSA) is 80.8 Å². The number of pyridine rings is 1. The Hall–Kier alpha value is -3.13. The molecule has 2 fully saturated rings. The third-order valence-electron chi connectivity index (χ3n) is 6.76. The molecule has 1 aromatic heterocycles. The highest BCUT2D eigenvalue weighted by Gasteiger charge is 2.35. The van der Waals surface area contributed by atoms with Gasteiger partial charge in [0.05, 0.1) is 5.69 Å². The van der Waals surface area contributed by atoms with Gasteiger partial charge in [0.2, 0.25) is 5.91 Å². The van der Waals surface area contributed by atoms with Crippen molar-refractivity contribution < 1.29 is 9.59 Å². The number of aromatic nitrogens is 1. The van der Waals surface area contributed by atoms with Gasteiger partial charge in [0.15, 0.2) is 5.82 Å². The maximum Gasteiger partial charge on any atom is 0.251 e. The maximum absolute atomic E-state index is 12.5. The van der Waals surface area contributed by atoms with Crippen LogP contribution in [-0.2, 0) is 11.3 Å². The van der Waals surface area contributed by atoms with E-state index < -0.39 is 0 Å². The van der Waals surface area contributed by atoms with Crippen LogP contribution in [0.25, 0.3) is 0 Å². The van der Waals surface area contributed by atoms with Gasteiger partial charge >= 0.3 is 0 Å². The fourth-order valence-electron chi connectivity index (χ4n) is 4.97. The zero-order valence-corrected chi connectivity index (χ0v) is 18.5. The minimum atomic E-state index is -0.0629. The quantitative estimate of drug-likeness (QED) is 0.767. The minimum Gasteiger partial charge on any atom is -0.369 e. The second kappa shape index (κ2) is 8.78. The SMILES string of the molecule is CNC(=O)c1ccc(N2CCN(Cc3cnc4c(c3)NC(=O)C3CCCCN43)CC2)cc1. The number of hydrogen-bond acceptors (Lipinski definition) is 6. The number of carbonyl (C=O) groups is 2. The molecule has 3 aliphatic rings. The number of piperazine rings is 1. The molecule has 0 aliphatic carbocycles. The molecule has 2 amide bonds. The van der Waals surface area contributed by atoms with Crippen LogP contribution in [0.1, 0.15) is 35.2 Å². The molecule has 2 aromatic rings. The number of piperidine rings is 1. The van der Waals surface area contributed by atoms with E-state index in [2.05, 4.69) is 31.4 Å². The zero-order chi connectivity index (χ0) is 22.1. The number of fused-ring (bicyclic) bond motifs is 3. The standard InChI is InChI=1S/C24H30N6O2/c1-25-23(31)18-5-7-19(8-6-18)29-12-10-28(11-13-29)16-17-14-20-22(26-15-17)30-9-3-2-4-21(30)24(32)27-20/h5-8,14-15,21H,2-4,9-13,16H2,1H3,(H,25,31)(H,27,32). The fraction of sp³-hybridized carbons (Fsp3) is 0.458. The van der Waals surface area contributed by atoms with E-state index in [0.29, 0.717) is 5.56 Å². The van der Waals surface area contributed by atoms with E-state index in [9.17, 15) is 9.59 Å². The lowest BCUT2D eigenvalue weighted by Gasteiger charge is -2.40. The largest absolute Gasteiger partial charge is 0.369 e. The molecule has 8 heteroatoms. The molecule has 1 atom stereocenters. The first-order valence-corrected chi connectivity index (χ1v) is 11.5. The van der Waals surface area contributed by atoms with Crippen LogP contribution < -0.4 is 20.4 Å². The van der Waals surface area contributed by atoms with Crippen molar-refractivity contribution in [3.8, 4) is 0 Å². The highest BCUT2D eigenvalue weighted by molar-refractivity contribution is 6.03. The van der Waals surface area contributed by atoms with Gasteiger partial charge in [-0.1, -0.05) is 0 Å². The van der Waals surface area contributed by atoms with Crippen LogP contribution >= 0.6 is 0 Å². The molecule has 32 heavy (non-hydrogen) atoms. The predicted molar refractivity (Wildman–Crippen MR) is 125 cm³/mol. The summed E-state index contributed by atoms with van der Waals surface area (Å²) in [5, 5.41) is 5.74. The average Bonchev–Trinajstić information content (AvgIpc) is 2.84. The molecule has 4 heterocycles. The molecule has 0 spiro atoms. The van der Waals surface area contributed by atoms with E-state index in [4.69, 9.17) is 4.98 Å². The van der Waals surface area contributed by atoms with E-state index in [1.54, 1.807) is 7.05 Å². The summed E-state index contributed by atoms with van der Waals surface area (Å²) in [6, 6.07) is 9.82. The van der Waals surface area contributed by atoms with Crippen molar-refractivity contribution >= 4 is 29.0 Å². The number of amides is 2. The molecule has 0 bridgehead atoms. The molecule has 0 saturated carbocycles. The van der Waals surface area contributed by atoms with Crippen LogP contribution in [0.4, 0.5) is 17.2 Å². The molecular weight excluding hydrogens is 404 g/mol. The van der Waals surface area contributed by atoms with Crippen LogP contribution in [0.3, 0.4) is 0 Å². The van der Waals surface area contributed by atoms with Crippen molar-refractivity contribution in [2.75, 3.05) is 54.9 Å². The Kier molecular flexibility index (Phi) is 5.70. The van der Waals surface area contributed by atoms with E-state index in [1.165, 1.54) is 0 Å². The summed E-state index contributed by atoms with van der Waals surface area (Å²) >= 11 is 0. The second-order valence-corrected chi connectivity index (χ2v) is 8.80. The molecule has 2 N–H and O–H groups in total. The van der Waals surface area contributed by atoms with Crippen LogP contribution in [0, 0.1) is 0 Å². The number of nitrogens with one attached hydrogen (secondary N) is 2. The van der Waals surface area contributed by atoms with Crippen LogP contribution in [0.2, 0.25) is 0 Å². The molecule has 8 nitrogen and oxygen atoms in total. The Balaban J connectivity index is 1.20. The summed E-state index contributed by atoms with van der Waals surface area (Å²) < 4.78 is 0. The Morgan fingerprint density at radius 1 is 1.12 bits per heavy atom. The lowest BCUT2D eigenvalue weighted by molar-refractivity contribution is -0.118. The molecule has 3 aliphatic heterocycles. The van der Waals surface area contributed by atoms with E-state index >= 15 is 0 Å². The van der Waals surface area contributed by atoms with E-state index in [0.717, 1.165) is 81.3 Å². The van der Waals surface area contributed by atoms with Crippen molar-refractivity contribution in [3.05, 3.63) is 47.7 Å². The van der Waals surface area contributed by atoms with Crippen molar-refractivity contribution in [1.29, 1.82) is 0 Å². The maximum atomic E-state index is 12.5. The Labute approximate surface area is 188 Å². The highest BCUT2D eigenvalue weighted by atomic mass is 16.2. The van der Waals surface area contributed by atoms with E-state index in [-0.39, 0.29) is 17.9 Å². The van der Waals surface area contributed by atoms with Gasteiger partial charge in [-0.2, -0.15) is 0 Å². The fourth-order valence-corrected chi connectivity index (χ4v) is 4.97. The van der Waals surface area contributed by atoms with Gasteiger partial charge in [-0.25, -0.2) is 4.98 Å². The molecule has 5 rings (SSSR count). The number of rotatable bonds is 4. The van der Waals surface area contributed by atoms with Crippen LogP contribution in [0.5, 0.6) is 0 Å². The van der Waals surface area contributed by atoms with Gasteiger partial charge < -0.3 is 20.4 Å². The summed E-state index contributed by atoms with van der Waals surface area (Å²) in [5.41, 5.74) is 3.80. The number of anilines is 3. The number of benzene rings is 1. The Bertz CT molecular complexity index is 1000. The summed E-state index contributed by atoms with van der Waals surface area (Å²) in [6.45, 7) is 5.50. The van der Waals surface area contributed by atoms with Crippen LogP contribution in [0.15, 0.2) is 36.5 Å². The number of carbonyl (C=O) groups excluding carboxylic acids is 2. The smallest absolute Gasteiger partial charge is 0.251 e. The lowest BCUT2D eigenvalue weighted by Crippen LogP contribution is -2.51. The summed E-state index contributed by atoms with van der Waals surface area (Å²) in [7, 11) is 1.64. The number of hydrogen-bond donors (Lipinski definition) is 2. The van der Waals surface area contributed by atoms with Crippen molar-refractivity contribution in [2.24, 2.45) is 0 Å². The van der Waals surface area contributed by atoms with Crippen molar-refractivity contribution in [2.45, 2.75) is 31.8 Å². The molecule has 168 valence electrons. The minimum absolute atomic E-state index is 0.0619. The van der Waals surface area contributed by atoms with Crippen molar-refractivity contribution in [3.63, 3.8) is 0 Å². The second-order valence-electron chi connectivity index (χ2n) is 8.80. The van der Waals surface area contributed by atoms with Crippen LogP contribution in [-0.4, -0.2) is 67.5 Å². The first-order chi connectivity index (χ1) is 15.6. The van der Waals surface area contributed by atoms with E-state index in [1.807, 2.05) is 30.5 Å². The normalized spacial score (nSPS) is 20.9. The molecular formula is C24H30N6O2. The zero-order valence-electron chi connectivity index (χ0n) is 18.5. The van der Waals surface area contributed by atoms with Crippen molar-refractivity contribution in [1.82, 2.24) is 15.2 Å². The average molecular weight is 435 g/mol. The van der Waals surface area contributed by atoms with Gasteiger partial charge in [0.1, 0.15) is 6.04 Å². The predicted octanol–water partition coefficient (Wildman–Crippen LogP) is 2.07. The van der Waals surface area contributed by atoms with Gasteiger partial charge in [-0.3, -0.25) is 14.5 Å². The molecule has 2 saturated heterocycles. The highest BCUT2D eigenvalue weighted by Crippen LogP contribution is 2.34. The monoisotopic (exact) mass is 434 g/mol. The lowest BCUT2D eigenvalue weighted by atomic mass is 9.99. The Morgan fingerprint density at radius 2 is 1.91 bits per heavy atom. The first kappa shape index (κ1) is 20.8. The third kappa shape index (κ3) is 4.02. The van der Waals surface area contributed by atoms with Gasteiger partial charge in [0.25, 0.3) is 5.91 Å². The molecule has 1 unspecified atom stereocenters. The van der Waals surface area contributed by atoms with Gasteiger partial charge in [-0.05, 0) is 55.2 Å². The third-order valence-corrected chi connectivity index (χ3v) is 6.76. The summed E-state index contributed by atoms with van der Waals surface area (Å²) in [5.74, 6) is 0.960. The molecule has 0 radical (unpaired) electrons. The first-order valence-electron chi connectivity index (χ1n) is 11.5. The Morgan fingerprint density at radius 3 is 2.66 bits per heavy atom. The van der Waals surface area contributed by atoms with Gasteiger partial charge in [0, 0.05) is 63.8 Å². The number of nitrogens with zero attached hydrogens (tertiary/aromatic N) is 4. The molecule has 1 aromatic carbocycles. The summed E-state index contributed by atoms with van der Waals surface area (Å²) in [6.07, 6.45) is 5.09. The summed E-state index contributed by atoms with van der Waals surface area (Å²) in [4.78, 5) is 35.9. The van der Waals surface area contributed by atoms with Gasteiger partial charge in [-0.15, -0.1) is 0 Å².